The van der Waals surface area contributed by atoms with E-state index < -0.39 is 8.07 Å². The van der Waals surface area contributed by atoms with Crippen molar-refractivity contribution in [2.45, 2.75) is 45.8 Å². The Labute approximate surface area is 113 Å². The van der Waals surface area contributed by atoms with Crippen molar-refractivity contribution < 1.29 is 0 Å². The van der Waals surface area contributed by atoms with Gasteiger partial charge < -0.3 is 0 Å². The van der Waals surface area contributed by atoms with Crippen LogP contribution in [0.5, 0.6) is 0 Å². The van der Waals surface area contributed by atoms with E-state index in [1.54, 1.807) is 0 Å². The summed E-state index contributed by atoms with van der Waals surface area (Å²) in [4.78, 5) is 0. The van der Waals surface area contributed by atoms with Gasteiger partial charge in [0, 0.05) is 0 Å². The maximum atomic E-state index is 2.43. The van der Waals surface area contributed by atoms with Gasteiger partial charge in [0.2, 0.25) is 0 Å². The lowest BCUT2D eigenvalue weighted by Gasteiger charge is -2.10. The molecule has 0 radical (unpaired) electrons. The molecule has 1 aromatic rings. The molecular formula is C17H26Si. The van der Waals surface area contributed by atoms with Crippen LogP contribution in [0, 0.1) is 0 Å². The van der Waals surface area contributed by atoms with Crippen molar-refractivity contribution in [3.8, 4) is 0 Å². The van der Waals surface area contributed by atoms with Crippen LogP contribution in [0.25, 0.3) is 5.57 Å². The number of allylic oxidation sites excluding steroid dienone is 3. The van der Waals surface area contributed by atoms with E-state index in [4.69, 9.17) is 0 Å². The Kier molecular flexibility index (Phi) is 6.13. The summed E-state index contributed by atoms with van der Waals surface area (Å²) >= 11 is 0. The lowest BCUT2D eigenvalue weighted by Crippen LogP contribution is -2.15. The van der Waals surface area contributed by atoms with E-state index in [1.807, 2.05) is 0 Å². The average Bonchev–Trinajstić information content (AvgIpc) is 2.33. The van der Waals surface area contributed by atoms with E-state index in [-0.39, 0.29) is 0 Å². The van der Waals surface area contributed by atoms with E-state index in [9.17, 15) is 0 Å². The monoisotopic (exact) mass is 258 g/mol. The quantitative estimate of drug-likeness (QED) is 0.349. The number of hydrogen-bond donors (Lipinski definition) is 0. The fourth-order valence-corrected chi connectivity index (χ4v) is 2.39. The van der Waals surface area contributed by atoms with E-state index >= 15 is 0 Å². The van der Waals surface area contributed by atoms with Crippen LogP contribution in [0.15, 0.2) is 48.2 Å². The Morgan fingerprint density at radius 3 is 2.33 bits per heavy atom. The van der Waals surface area contributed by atoms with Gasteiger partial charge in [0.15, 0.2) is 0 Å². The van der Waals surface area contributed by atoms with Crippen molar-refractivity contribution in [1.82, 2.24) is 0 Å². The molecule has 0 unspecified atom stereocenters. The summed E-state index contributed by atoms with van der Waals surface area (Å²) in [5.74, 6) is 0. The van der Waals surface area contributed by atoms with Crippen LogP contribution in [0.4, 0.5) is 0 Å². The lowest BCUT2D eigenvalue weighted by atomic mass is 10.0. The van der Waals surface area contributed by atoms with E-state index in [2.05, 4.69) is 74.7 Å². The molecule has 98 valence electrons. The molecule has 0 atom stereocenters. The molecule has 0 aliphatic carbocycles. The Balaban J connectivity index is 2.89. The summed E-state index contributed by atoms with van der Waals surface area (Å²) in [5.41, 5.74) is 5.15. The van der Waals surface area contributed by atoms with Gasteiger partial charge >= 0.3 is 0 Å². The van der Waals surface area contributed by atoms with Crippen molar-refractivity contribution in [1.29, 1.82) is 0 Å². The number of unbranched alkanes of at least 4 members (excludes halogenated alkanes) is 2. The van der Waals surface area contributed by atoms with E-state index in [0.29, 0.717) is 0 Å². The number of benzene rings is 1. The van der Waals surface area contributed by atoms with E-state index in [0.717, 1.165) is 0 Å². The largest absolute Gasteiger partial charge is 0.0944 e. The number of rotatable bonds is 6. The zero-order valence-corrected chi connectivity index (χ0v) is 13.2. The van der Waals surface area contributed by atoms with Crippen LogP contribution in [0.2, 0.25) is 19.6 Å². The Hall–Kier alpha value is -1.08. The molecule has 0 aromatic heterocycles. The van der Waals surface area contributed by atoms with Crippen LogP contribution < -0.4 is 0 Å². The summed E-state index contributed by atoms with van der Waals surface area (Å²) in [6.45, 7) is 9.36. The van der Waals surface area contributed by atoms with Gasteiger partial charge in [-0.3, -0.25) is 0 Å². The molecule has 1 rings (SSSR count). The molecule has 0 N–H and O–H groups in total. The predicted octanol–water partition coefficient (Wildman–Crippen LogP) is 5.69. The third-order valence-electron chi connectivity index (χ3n) is 2.79. The van der Waals surface area contributed by atoms with Crippen LogP contribution in [0.1, 0.15) is 31.7 Å². The highest BCUT2D eigenvalue weighted by atomic mass is 28.3. The van der Waals surface area contributed by atoms with Gasteiger partial charge in [0.1, 0.15) is 0 Å². The van der Waals surface area contributed by atoms with Crippen molar-refractivity contribution in [2.24, 2.45) is 0 Å². The van der Waals surface area contributed by atoms with Crippen molar-refractivity contribution in [2.75, 3.05) is 0 Å². The molecule has 0 amide bonds. The highest BCUT2D eigenvalue weighted by Crippen LogP contribution is 2.18. The molecule has 0 spiro atoms. The minimum atomic E-state index is -1.12. The van der Waals surface area contributed by atoms with Gasteiger partial charge in [0.05, 0.1) is 8.07 Å². The second kappa shape index (κ2) is 7.37. The Bertz CT molecular complexity index is 393. The second-order valence-corrected chi connectivity index (χ2v) is 10.9. The zero-order chi connectivity index (χ0) is 13.4. The molecule has 0 saturated heterocycles. The molecule has 1 heteroatoms. The molecular weight excluding hydrogens is 232 g/mol. The third-order valence-corrected chi connectivity index (χ3v) is 3.96. The molecule has 0 bridgehead atoms. The zero-order valence-electron chi connectivity index (χ0n) is 12.2. The van der Waals surface area contributed by atoms with E-state index in [1.165, 1.54) is 30.4 Å². The summed E-state index contributed by atoms with van der Waals surface area (Å²) < 4.78 is 0. The standard InChI is InChI=1S/C17H26Si/c1-5-6-8-11-17(14-15-18(2,3)4)16-12-9-7-10-13-16/h7,9-15H,5-6,8H2,1-4H3/b15-14+,17-11-. The summed E-state index contributed by atoms with van der Waals surface area (Å²) in [7, 11) is -1.12. The highest BCUT2D eigenvalue weighted by molar-refractivity contribution is 6.81. The maximum Gasteiger partial charge on any atom is 0.0687 e. The summed E-state index contributed by atoms with van der Waals surface area (Å²) in [5, 5.41) is 0. The first-order valence-corrected chi connectivity index (χ1v) is 10.6. The summed E-state index contributed by atoms with van der Waals surface area (Å²) in [6, 6.07) is 10.7. The van der Waals surface area contributed by atoms with Gasteiger partial charge in [-0.05, 0) is 17.6 Å². The molecule has 0 aliphatic heterocycles. The molecule has 0 saturated carbocycles. The summed E-state index contributed by atoms with van der Waals surface area (Å²) in [6.07, 6.45) is 8.43. The average molecular weight is 258 g/mol. The van der Waals surface area contributed by atoms with Crippen LogP contribution in [0.3, 0.4) is 0 Å². The highest BCUT2D eigenvalue weighted by Gasteiger charge is 2.07. The molecule has 1 aromatic carbocycles. The van der Waals surface area contributed by atoms with Crippen molar-refractivity contribution in [3.63, 3.8) is 0 Å². The number of hydrogen-bond acceptors (Lipinski definition) is 0. The topological polar surface area (TPSA) is 0 Å². The van der Waals surface area contributed by atoms with Crippen LogP contribution >= 0.6 is 0 Å². The first kappa shape index (κ1) is 15.0. The first-order valence-electron chi connectivity index (χ1n) is 6.98. The van der Waals surface area contributed by atoms with Crippen LogP contribution in [-0.4, -0.2) is 8.07 Å². The smallest absolute Gasteiger partial charge is 0.0687 e. The second-order valence-electron chi connectivity index (χ2n) is 5.87. The lowest BCUT2D eigenvalue weighted by molar-refractivity contribution is 0.816. The van der Waals surface area contributed by atoms with Gasteiger partial charge in [0.25, 0.3) is 0 Å². The predicted molar refractivity (Wildman–Crippen MR) is 86.4 cm³/mol. The Morgan fingerprint density at radius 1 is 1.11 bits per heavy atom. The SMILES string of the molecule is CCCC/C=C(/C=C/[Si](C)(C)C)c1ccccc1. The fraction of sp³-hybridized carbons (Fsp3) is 0.412. The maximum absolute atomic E-state index is 2.43. The third kappa shape index (κ3) is 6.01. The minimum Gasteiger partial charge on any atom is -0.0944 e. The van der Waals surface area contributed by atoms with Gasteiger partial charge in [-0.25, -0.2) is 0 Å². The van der Waals surface area contributed by atoms with Crippen molar-refractivity contribution >= 4 is 13.6 Å². The molecule has 0 heterocycles. The van der Waals surface area contributed by atoms with Gasteiger partial charge in [-0.1, -0.05) is 87.6 Å². The minimum absolute atomic E-state index is 1.12. The fourth-order valence-electron chi connectivity index (χ4n) is 1.71. The van der Waals surface area contributed by atoms with Crippen molar-refractivity contribution in [3.05, 3.63) is 53.7 Å². The molecule has 0 nitrogen and oxygen atoms in total. The first-order chi connectivity index (χ1) is 8.53. The molecule has 18 heavy (non-hydrogen) atoms. The molecule has 0 fully saturated rings. The van der Waals surface area contributed by atoms with Gasteiger partial charge in [-0.2, -0.15) is 0 Å². The molecule has 0 aliphatic rings. The normalized spacial score (nSPS) is 13.2. The Morgan fingerprint density at radius 2 is 1.78 bits per heavy atom. The van der Waals surface area contributed by atoms with Crippen LogP contribution in [-0.2, 0) is 0 Å². The van der Waals surface area contributed by atoms with Gasteiger partial charge in [-0.15, -0.1) is 0 Å².